The van der Waals surface area contributed by atoms with Gasteiger partial charge in [-0.2, -0.15) is 0 Å². The van der Waals surface area contributed by atoms with Gasteiger partial charge in [-0.15, -0.1) is 11.3 Å². The number of hydrogen-bond donors (Lipinski definition) is 0. The predicted octanol–water partition coefficient (Wildman–Crippen LogP) is 17.0. The second kappa shape index (κ2) is 16.6. The summed E-state index contributed by atoms with van der Waals surface area (Å²) in [5.74, 6) is 1.87. The Hall–Kier alpha value is -8.77. The van der Waals surface area contributed by atoms with E-state index >= 15 is 0 Å². The molecular formula is C63H40N4S. The van der Waals surface area contributed by atoms with E-state index in [1.54, 1.807) is 0 Å². The van der Waals surface area contributed by atoms with Crippen LogP contribution in [0.1, 0.15) is 0 Å². The Labute approximate surface area is 397 Å². The molecule has 0 N–H and O–H groups in total. The molecule has 0 radical (unpaired) electrons. The zero-order valence-electron chi connectivity index (χ0n) is 36.8. The molecule has 5 heteroatoms. The summed E-state index contributed by atoms with van der Waals surface area (Å²) in [6.07, 6.45) is 0. The van der Waals surface area contributed by atoms with Crippen molar-refractivity contribution in [3.8, 4) is 84.4 Å². The molecule has 0 unspecified atom stereocenters. The first kappa shape index (κ1) is 39.6. The number of rotatable bonds is 8. The minimum Gasteiger partial charge on any atom is -0.308 e. The van der Waals surface area contributed by atoms with E-state index in [1.165, 1.54) is 64.2 Å². The van der Waals surface area contributed by atoms with Crippen LogP contribution in [0.25, 0.3) is 126 Å². The summed E-state index contributed by atoms with van der Waals surface area (Å²) in [5.41, 5.74) is 15.4. The maximum Gasteiger partial charge on any atom is 0.164 e. The largest absolute Gasteiger partial charge is 0.308 e. The van der Waals surface area contributed by atoms with Crippen LogP contribution in [-0.4, -0.2) is 19.5 Å². The van der Waals surface area contributed by atoms with Crippen LogP contribution in [-0.2, 0) is 0 Å². The van der Waals surface area contributed by atoms with Crippen LogP contribution in [0, 0.1) is 0 Å². The number of para-hydroxylation sites is 2. The second-order valence-corrected chi connectivity index (χ2v) is 18.2. The normalized spacial score (nSPS) is 11.5. The van der Waals surface area contributed by atoms with Crippen LogP contribution in [0.5, 0.6) is 0 Å². The SMILES string of the molecule is c1ccc(-c2nc(-c3ccccc3)nc(-c3cc(-c4ccc(-c5ccccc5)c(-c5ccccc5)c4)ccc3-c3ccc4sc5c(ccc6c7ccccc7n(-c7ccccc7)c65)c4c3)n2)cc1. The molecule has 3 heterocycles. The zero-order valence-corrected chi connectivity index (χ0v) is 37.6. The van der Waals surface area contributed by atoms with Gasteiger partial charge in [0.05, 0.1) is 15.7 Å². The fourth-order valence-electron chi connectivity index (χ4n) is 9.83. The van der Waals surface area contributed by atoms with Crippen molar-refractivity contribution >= 4 is 53.3 Å². The maximum absolute atomic E-state index is 5.31. The Balaban J connectivity index is 1.04. The van der Waals surface area contributed by atoms with Crippen LogP contribution in [0.15, 0.2) is 243 Å². The summed E-state index contributed by atoms with van der Waals surface area (Å²) in [5, 5.41) is 4.97. The first-order valence-electron chi connectivity index (χ1n) is 22.9. The van der Waals surface area contributed by atoms with Crippen molar-refractivity contribution in [1.29, 1.82) is 0 Å². The van der Waals surface area contributed by atoms with E-state index in [2.05, 4.69) is 211 Å². The van der Waals surface area contributed by atoms with E-state index in [4.69, 9.17) is 15.0 Å². The third-order valence-corrected chi connectivity index (χ3v) is 14.3. The molecule has 10 aromatic carbocycles. The standard InChI is InChI=1S/C63H40N4S/c1-6-18-41(19-7-1)49-33-30-45(38-54(49)42-20-8-2-9-21-42)46-31-34-50(56(39-46)63-65-61(43-22-10-3-11-23-43)64-62(66-63)44-24-12-4-13-25-44)47-32-37-58-55(40-47)53-36-35-52-51-28-16-17-29-57(51)67(59(52)60(53)68-58)48-26-14-5-15-27-48/h1-40H. The van der Waals surface area contributed by atoms with Crippen LogP contribution < -0.4 is 0 Å². The van der Waals surface area contributed by atoms with Gasteiger partial charge in [0.15, 0.2) is 17.5 Å². The summed E-state index contributed by atoms with van der Waals surface area (Å²) < 4.78 is 4.95. The first-order chi connectivity index (χ1) is 33.7. The van der Waals surface area contributed by atoms with Gasteiger partial charge in [-0.1, -0.05) is 200 Å². The molecule has 0 saturated heterocycles. The first-order valence-corrected chi connectivity index (χ1v) is 23.7. The topological polar surface area (TPSA) is 43.6 Å². The van der Waals surface area contributed by atoms with E-state index in [0.29, 0.717) is 17.5 Å². The van der Waals surface area contributed by atoms with Crippen molar-refractivity contribution in [3.05, 3.63) is 243 Å². The minimum absolute atomic E-state index is 0.614. The van der Waals surface area contributed by atoms with Gasteiger partial charge >= 0.3 is 0 Å². The van der Waals surface area contributed by atoms with Crippen LogP contribution >= 0.6 is 11.3 Å². The fourth-order valence-corrected chi connectivity index (χ4v) is 11.1. The molecule has 0 aliphatic carbocycles. The highest BCUT2D eigenvalue weighted by Crippen LogP contribution is 2.46. The van der Waals surface area contributed by atoms with Gasteiger partial charge in [0.25, 0.3) is 0 Å². The van der Waals surface area contributed by atoms with Gasteiger partial charge in [-0.05, 0) is 87.0 Å². The maximum atomic E-state index is 5.31. The Morgan fingerprint density at radius 1 is 0.294 bits per heavy atom. The van der Waals surface area contributed by atoms with Crippen LogP contribution in [0.2, 0.25) is 0 Å². The molecule has 0 aliphatic rings. The van der Waals surface area contributed by atoms with E-state index in [0.717, 1.165) is 44.6 Å². The average Bonchev–Trinajstić information content (AvgIpc) is 3.97. The molecule has 68 heavy (non-hydrogen) atoms. The van der Waals surface area contributed by atoms with Crippen molar-refractivity contribution in [2.24, 2.45) is 0 Å². The molecule has 13 aromatic rings. The number of aromatic nitrogens is 4. The fraction of sp³-hybridized carbons (Fsp3) is 0. The molecule has 0 amide bonds. The Morgan fingerprint density at radius 3 is 1.41 bits per heavy atom. The van der Waals surface area contributed by atoms with E-state index in [-0.39, 0.29) is 0 Å². The van der Waals surface area contributed by atoms with Crippen molar-refractivity contribution in [2.45, 2.75) is 0 Å². The molecule has 0 aliphatic heterocycles. The molecule has 3 aromatic heterocycles. The minimum atomic E-state index is 0.614. The van der Waals surface area contributed by atoms with E-state index in [1.807, 2.05) is 47.7 Å². The highest BCUT2D eigenvalue weighted by molar-refractivity contribution is 7.26. The third kappa shape index (κ3) is 6.88. The number of thiophene rings is 1. The summed E-state index contributed by atoms with van der Waals surface area (Å²) in [6.45, 7) is 0. The predicted molar refractivity (Wildman–Crippen MR) is 285 cm³/mol. The lowest BCUT2D eigenvalue weighted by atomic mass is 9.89. The van der Waals surface area contributed by atoms with Gasteiger partial charge in [0, 0.05) is 48.6 Å². The molecular weight excluding hydrogens is 845 g/mol. The average molecular weight is 885 g/mol. The molecule has 0 bridgehead atoms. The lowest BCUT2D eigenvalue weighted by molar-refractivity contribution is 1.07. The van der Waals surface area contributed by atoms with Crippen molar-refractivity contribution in [2.75, 3.05) is 0 Å². The third-order valence-electron chi connectivity index (χ3n) is 13.1. The molecule has 0 spiro atoms. The smallest absolute Gasteiger partial charge is 0.164 e. The molecule has 0 saturated carbocycles. The Bertz CT molecular complexity index is 3940. The highest BCUT2D eigenvalue weighted by Gasteiger charge is 2.21. The van der Waals surface area contributed by atoms with Gasteiger partial charge in [-0.25, -0.2) is 15.0 Å². The number of fused-ring (bicyclic) bond motifs is 7. The summed E-state index contributed by atoms with van der Waals surface area (Å²) in [4.78, 5) is 15.7. The van der Waals surface area contributed by atoms with Crippen LogP contribution in [0.4, 0.5) is 0 Å². The van der Waals surface area contributed by atoms with Gasteiger partial charge < -0.3 is 4.57 Å². The Morgan fingerprint density at radius 2 is 0.779 bits per heavy atom. The lowest BCUT2D eigenvalue weighted by Gasteiger charge is -2.16. The molecule has 13 rings (SSSR count). The summed E-state index contributed by atoms with van der Waals surface area (Å²) >= 11 is 1.86. The quantitative estimate of drug-likeness (QED) is 0.153. The Kier molecular flexibility index (Phi) is 9.66. The highest BCUT2D eigenvalue weighted by atomic mass is 32.1. The summed E-state index contributed by atoms with van der Waals surface area (Å²) in [7, 11) is 0. The van der Waals surface area contributed by atoms with Gasteiger partial charge in [0.1, 0.15) is 0 Å². The number of benzene rings is 10. The van der Waals surface area contributed by atoms with Crippen LogP contribution in [0.3, 0.4) is 0 Å². The van der Waals surface area contributed by atoms with Crippen molar-refractivity contribution < 1.29 is 0 Å². The molecule has 0 fully saturated rings. The van der Waals surface area contributed by atoms with Crippen molar-refractivity contribution in [3.63, 3.8) is 0 Å². The van der Waals surface area contributed by atoms with E-state index in [9.17, 15) is 0 Å². The second-order valence-electron chi connectivity index (χ2n) is 17.1. The molecule has 4 nitrogen and oxygen atoms in total. The van der Waals surface area contributed by atoms with Gasteiger partial charge in [0.2, 0.25) is 0 Å². The molecule has 318 valence electrons. The monoisotopic (exact) mass is 884 g/mol. The number of nitrogens with zero attached hydrogens (tertiary/aromatic N) is 4. The van der Waals surface area contributed by atoms with Gasteiger partial charge in [-0.3, -0.25) is 0 Å². The van der Waals surface area contributed by atoms with Crippen molar-refractivity contribution in [1.82, 2.24) is 19.5 Å². The lowest BCUT2D eigenvalue weighted by Crippen LogP contribution is -2.01. The summed E-state index contributed by atoms with van der Waals surface area (Å²) in [6, 6.07) is 86.4. The zero-order chi connectivity index (χ0) is 45.0. The van der Waals surface area contributed by atoms with E-state index < -0.39 is 0 Å². The molecule has 0 atom stereocenters. The number of hydrogen-bond acceptors (Lipinski definition) is 4.